The van der Waals surface area contributed by atoms with E-state index >= 15 is 0 Å². The van der Waals surface area contributed by atoms with E-state index in [0.29, 0.717) is 0 Å². The summed E-state index contributed by atoms with van der Waals surface area (Å²) in [5, 5.41) is 2.10. The third-order valence-electron chi connectivity index (χ3n) is 2.18. The van der Waals surface area contributed by atoms with Crippen molar-refractivity contribution < 1.29 is 0 Å². The van der Waals surface area contributed by atoms with Crippen LogP contribution in [0.1, 0.15) is 4.88 Å². The zero-order valence-electron chi connectivity index (χ0n) is 8.65. The van der Waals surface area contributed by atoms with Crippen LogP contribution in [0, 0.1) is 0 Å². The standard InChI is InChI=1S/C11H10Br2N2S/c1-15(6-9-4-8(12)7-16-9)11-2-3-14-5-10(11)13/h2-5,7H,6H2,1H3. The fourth-order valence-electron chi connectivity index (χ4n) is 1.43. The van der Waals surface area contributed by atoms with Gasteiger partial charge in [0.05, 0.1) is 16.7 Å². The Bertz CT molecular complexity index is 484. The van der Waals surface area contributed by atoms with Gasteiger partial charge in [0.15, 0.2) is 0 Å². The first kappa shape index (κ1) is 12.1. The molecule has 5 heteroatoms. The van der Waals surface area contributed by atoms with Crippen molar-refractivity contribution >= 4 is 48.9 Å². The molecule has 0 aliphatic rings. The molecule has 0 aliphatic heterocycles. The molecule has 0 atom stereocenters. The maximum Gasteiger partial charge on any atom is 0.0592 e. The topological polar surface area (TPSA) is 16.1 Å². The molecule has 0 radical (unpaired) electrons. The molecule has 0 bridgehead atoms. The average Bonchev–Trinajstić information content (AvgIpc) is 2.64. The van der Waals surface area contributed by atoms with Gasteiger partial charge in [0.2, 0.25) is 0 Å². The Kier molecular flexibility index (Phi) is 4.00. The van der Waals surface area contributed by atoms with Gasteiger partial charge >= 0.3 is 0 Å². The summed E-state index contributed by atoms with van der Waals surface area (Å²) in [7, 11) is 2.08. The summed E-state index contributed by atoms with van der Waals surface area (Å²) in [4.78, 5) is 7.59. The fraction of sp³-hybridized carbons (Fsp3) is 0.182. The van der Waals surface area contributed by atoms with Gasteiger partial charge in [-0.1, -0.05) is 0 Å². The highest BCUT2D eigenvalue weighted by molar-refractivity contribution is 9.10. The zero-order valence-corrected chi connectivity index (χ0v) is 12.6. The lowest BCUT2D eigenvalue weighted by Gasteiger charge is -2.19. The Balaban J connectivity index is 2.14. The van der Waals surface area contributed by atoms with E-state index in [0.717, 1.165) is 21.2 Å². The lowest BCUT2D eigenvalue weighted by atomic mass is 10.3. The summed E-state index contributed by atoms with van der Waals surface area (Å²) in [6, 6.07) is 4.16. The second-order valence-corrected chi connectivity index (χ2v) is 6.18. The van der Waals surface area contributed by atoms with Gasteiger partial charge in [-0.15, -0.1) is 11.3 Å². The fourth-order valence-corrected chi connectivity index (χ4v) is 3.49. The molecular formula is C11H10Br2N2S. The van der Waals surface area contributed by atoms with E-state index in [4.69, 9.17) is 0 Å². The van der Waals surface area contributed by atoms with Crippen LogP contribution in [-0.4, -0.2) is 12.0 Å². The lowest BCUT2D eigenvalue weighted by molar-refractivity contribution is 0.933. The van der Waals surface area contributed by atoms with Crippen LogP contribution in [0.3, 0.4) is 0 Å². The Morgan fingerprint density at radius 3 is 2.88 bits per heavy atom. The van der Waals surface area contributed by atoms with Gasteiger partial charge in [0.1, 0.15) is 0 Å². The highest BCUT2D eigenvalue weighted by Gasteiger charge is 2.07. The first-order chi connectivity index (χ1) is 7.66. The number of anilines is 1. The number of aromatic nitrogens is 1. The maximum atomic E-state index is 4.06. The smallest absolute Gasteiger partial charge is 0.0592 e. The van der Waals surface area contributed by atoms with Crippen LogP contribution in [-0.2, 0) is 6.54 Å². The van der Waals surface area contributed by atoms with Crippen molar-refractivity contribution in [1.82, 2.24) is 4.98 Å². The van der Waals surface area contributed by atoms with Crippen LogP contribution in [0.4, 0.5) is 5.69 Å². The predicted octanol–water partition coefficient (Wildman–Crippen LogP) is 4.30. The molecule has 2 aromatic rings. The molecule has 0 spiro atoms. The molecule has 0 N–H and O–H groups in total. The highest BCUT2D eigenvalue weighted by Crippen LogP contribution is 2.27. The molecule has 0 saturated carbocycles. The molecule has 2 heterocycles. The number of hydrogen-bond acceptors (Lipinski definition) is 3. The molecular weight excluding hydrogens is 352 g/mol. The second kappa shape index (κ2) is 5.29. The monoisotopic (exact) mass is 360 g/mol. The van der Waals surface area contributed by atoms with Crippen molar-refractivity contribution in [2.75, 3.05) is 11.9 Å². The van der Waals surface area contributed by atoms with Crippen LogP contribution in [0.25, 0.3) is 0 Å². The SMILES string of the molecule is CN(Cc1cc(Br)cs1)c1ccncc1Br. The summed E-state index contributed by atoms with van der Waals surface area (Å²) < 4.78 is 2.17. The van der Waals surface area contributed by atoms with Gasteiger partial charge in [-0.05, 0) is 44.0 Å². The molecule has 0 aliphatic carbocycles. The van der Waals surface area contributed by atoms with E-state index in [-0.39, 0.29) is 0 Å². The van der Waals surface area contributed by atoms with E-state index in [1.54, 1.807) is 17.5 Å². The number of nitrogens with zero attached hydrogens (tertiary/aromatic N) is 2. The predicted molar refractivity (Wildman–Crippen MR) is 76.1 cm³/mol. The summed E-state index contributed by atoms with van der Waals surface area (Å²) in [6.45, 7) is 0.902. The molecule has 84 valence electrons. The largest absolute Gasteiger partial charge is 0.368 e. The first-order valence-corrected chi connectivity index (χ1v) is 7.17. The second-order valence-electron chi connectivity index (χ2n) is 3.41. The molecule has 0 amide bonds. The molecule has 2 nitrogen and oxygen atoms in total. The van der Waals surface area contributed by atoms with Crippen molar-refractivity contribution in [3.05, 3.63) is 43.7 Å². The quantitative estimate of drug-likeness (QED) is 0.809. The number of pyridine rings is 1. The van der Waals surface area contributed by atoms with E-state index in [9.17, 15) is 0 Å². The van der Waals surface area contributed by atoms with Crippen LogP contribution in [0.15, 0.2) is 38.9 Å². The molecule has 0 saturated heterocycles. The van der Waals surface area contributed by atoms with Crippen LogP contribution in [0.5, 0.6) is 0 Å². The Hall–Kier alpha value is -0.390. The van der Waals surface area contributed by atoms with Gasteiger partial charge in [0, 0.05) is 34.2 Å². The summed E-state index contributed by atoms with van der Waals surface area (Å²) >= 11 is 8.73. The minimum Gasteiger partial charge on any atom is -0.368 e. The Morgan fingerprint density at radius 2 is 2.25 bits per heavy atom. The molecule has 0 fully saturated rings. The van der Waals surface area contributed by atoms with Gasteiger partial charge in [-0.3, -0.25) is 4.98 Å². The zero-order chi connectivity index (χ0) is 11.5. The van der Waals surface area contributed by atoms with Crippen molar-refractivity contribution in [2.24, 2.45) is 0 Å². The first-order valence-electron chi connectivity index (χ1n) is 4.70. The van der Waals surface area contributed by atoms with Gasteiger partial charge in [-0.2, -0.15) is 0 Å². The van der Waals surface area contributed by atoms with E-state index in [1.807, 2.05) is 12.3 Å². The van der Waals surface area contributed by atoms with Crippen molar-refractivity contribution in [1.29, 1.82) is 0 Å². The van der Waals surface area contributed by atoms with E-state index < -0.39 is 0 Å². The maximum absolute atomic E-state index is 4.06. The number of halogens is 2. The number of rotatable bonds is 3. The Labute approximate surface area is 116 Å². The summed E-state index contributed by atoms with van der Waals surface area (Å²) in [6.07, 6.45) is 3.62. The average molecular weight is 362 g/mol. The van der Waals surface area contributed by atoms with Crippen molar-refractivity contribution in [3.8, 4) is 0 Å². The normalized spacial score (nSPS) is 10.4. The van der Waals surface area contributed by atoms with Crippen LogP contribution in [0.2, 0.25) is 0 Å². The molecule has 0 aromatic carbocycles. The van der Waals surface area contributed by atoms with Gasteiger partial charge in [-0.25, -0.2) is 0 Å². The highest BCUT2D eigenvalue weighted by atomic mass is 79.9. The van der Waals surface area contributed by atoms with E-state index in [1.165, 1.54) is 4.88 Å². The van der Waals surface area contributed by atoms with Gasteiger partial charge in [0.25, 0.3) is 0 Å². The van der Waals surface area contributed by atoms with Crippen molar-refractivity contribution in [2.45, 2.75) is 6.54 Å². The third-order valence-corrected chi connectivity index (χ3v) is 4.47. The minimum absolute atomic E-state index is 0.902. The summed E-state index contributed by atoms with van der Waals surface area (Å²) in [5.41, 5.74) is 1.15. The molecule has 2 rings (SSSR count). The summed E-state index contributed by atoms with van der Waals surface area (Å²) in [5.74, 6) is 0. The van der Waals surface area contributed by atoms with Crippen molar-refractivity contribution in [3.63, 3.8) is 0 Å². The lowest BCUT2D eigenvalue weighted by Crippen LogP contribution is -2.16. The number of hydrogen-bond donors (Lipinski definition) is 0. The van der Waals surface area contributed by atoms with Crippen LogP contribution >= 0.6 is 43.2 Å². The third kappa shape index (κ3) is 2.84. The minimum atomic E-state index is 0.902. The molecule has 0 unspecified atom stereocenters. The number of thiophene rings is 1. The Morgan fingerprint density at radius 1 is 1.44 bits per heavy atom. The van der Waals surface area contributed by atoms with E-state index in [2.05, 4.69) is 60.2 Å². The molecule has 2 aromatic heterocycles. The molecule has 16 heavy (non-hydrogen) atoms. The van der Waals surface area contributed by atoms with Gasteiger partial charge < -0.3 is 4.90 Å². The van der Waals surface area contributed by atoms with Crippen LogP contribution < -0.4 is 4.90 Å².